The van der Waals surface area contributed by atoms with Gasteiger partial charge in [-0.15, -0.1) is 11.6 Å². The second-order valence-corrected chi connectivity index (χ2v) is 5.26. The quantitative estimate of drug-likeness (QED) is 0.690. The zero-order chi connectivity index (χ0) is 10.7. The number of hydrogen-bond acceptors (Lipinski definition) is 2. The molecule has 3 atom stereocenters. The Balaban J connectivity index is 1.73. The van der Waals surface area contributed by atoms with Gasteiger partial charge < -0.3 is 4.74 Å². The van der Waals surface area contributed by atoms with Gasteiger partial charge in [-0.1, -0.05) is 6.92 Å². The SMILES string of the molecule is CC1CCN(CCC2CCCO2)C1CCl. The Labute approximate surface area is 97.9 Å². The lowest BCUT2D eigenvalue weighted by Crippen LogP contribution is -2.35. The first-order valence-corrected chi connectivity index (χ1v) is 6.76. The van der Waals surface area contributed by atoms with Crippen molar-refractivity contribution in [2.24, 2.45) is 5.92 Å². The van der Waals surface area contributed by atoms with Gasteiger partial charge in [-0.05, 0) is 38.1 Å². The van der Waals surface area contributed by atoms with Crippen LogP contribution in [-0.2, 0) is 4.74 Å². The number of rotatable bonds is 4. The third-order valence-corrected chi connectivity index (χ3v) is 4.23. The molecule has 2 saturated heterocycles. The Hall–Kier alpha value is 0.210. The van der Waals surface area contributed by atoms with Crippen molar-refractivity contribution >= 4 is 11.6 Å². The average molecular weight is 232 g/mol. The van der Waals surface area contributed by atoms with E-state index in [1.54, 1.807) is 0 Å². The number of ether oxygens (including phenoxy) is 1. The van der Waals surface area contributed by atoms with Gasteiger partial charge in [0.1, 0.15) is 0 Å². The van der Waals surface area contributed by atoms with Crippen molar-refractivity contribution in [1.82, 2.24) is 4.90 Å². The maximum Gasteiger partial charge on any atom is 0.0588 e. The van der Waals surface area contributed by atoms with Crippen LogP contribution >= 0.6 is 11.6 Å². The van der Waals surface area contributed by atoms with E-state index in [-0.39, 0.29) is 0 Å². The predicted octanol–water partition coefficient (Wildman–Crippen LogP) is 2.50. The van der Waals surface area contributed by atoms with Gasteiger partial charge in [0.25, 0.3) is 0 Å². The highest BCUT2D eigenvalue weighted by atomic mass is 35.5. The molecule has 2 fully saturated rings. The van der Waals surface area contributed by atoms with Gasteiger partial charge in [-0.2, -0.15) is 0 Å². The van der Waals surface area contributed by atoms with Crippen LogP contribution < -0.4 is 0 Å². The highest BCUT2D eigenvalue weighted by molar-refractivity contribution is 6.18. The highest BCUT2D eigenvalue weighted by Crippen LogP contribution is 2.26. The Morgan fingerprint density at radius 3 is 2.93 bits per heavy atom. The molecule has 2 aliphatic heterocycles. The van der Waals surface area contributed by atoms with Crippen molar-refractivity contribution < 1.29 is 4.74 Å². The minimum absolute atomic E-state index is 0.525. The fourth-order valence-corrected chi connectivity index (χ4v) is 3.30. The fourth-order valence-electron chi connectivity index (χ4n) is 2.80. The maximum atomic E-state index is 6.02. The normalized spacial score (nSPS) is 37.6. The van der Waals surface area contributed by atoms with Crippen molar-refractivity contribution in [2.75, 3.05) is 25.6 Å². The molecule has 0 N–H and O–H groups in total. The van der Waals surface area contributed by atoms with E-state index < -0.39 is 0 Å². The first kappa shape index (κ1) is 11.7. The summed E-state index contributed by atoms with van der Waals surface area (Å²) in [6, 6.07) is 0.605. The van der Waals surface area contributed by atoms with Gasteiger partial charge in [-0.3, -0.25) is 4.90 Å². The third kappa shape index (κ3) is 2.86. The molecule has 0 amide bonds. The summed E-state index contributed by atoms with van der Waals surface area (Å²) in [6.07, 6.45) is 5.54. The van der Waals surface area contributed by atoms with E-state index in [1.165, 1.54) is 38.8 Å². The standard InChI is InChI=1S/C12H22ClNO/c1-10-4-6-14(12(10)9-13)7-5-11-3-2-8-15-11/h10-12H,2-9H2,1H3. The van der Waals surface area contributed by atoms with E-state index >= 15 is 0 Å². The summed E-state index contributed by atoms with van der Waals surface area (Å²) in [6.45, 7) is 5.69. The number of hydrogen-bond donors (Lipinski definition) is 0. The smallest absolute Gasteiger partial charge is 0.0588 e. The summed E-state index contributed by atoms with van der Waals surface area (Å²) in [5, 5.41) is 0. The van der Waals surface area contributed by atoms with Gasteiger partial charge in [0.05, 0.1) is 6.10 Å². The van der Waals surface area contributed by atoms with Crippen molar-refractivity contribution in [3.8, 4) is 0 Å². The van der Waals surface area contributed by atoms with E-state index in [9.17, 15) is 0 Å². The second kappa shape index (κ2) is 5.51. The minimum atomic E-state index is 0.525. The predicted molar refractivity (Wildman–Crippen MR) is 63.5 cm³/mol. The third-order valence-electron chi connectivity index (χ3n) is 3.92. The van der Waals surface area contributed by atoms with Gasteiger partial charge in [0.15, 0.2) is 0 Å². The fraction of sp³-hybridized carbons (Fsp3) is 1.00. The zero-order valence-electron chi connectivity index (χ0n) is 9.62. The maximum absolute atomic E-state index is 6.02. The van der Waals surface area contributed by atoms with E-state index in [2.05, 4.69) is 11.8 Å². The van der Waals surface area contributed by atoms with Crippen LogP contribution in [0.3, 0.4) is 0 Å². The largest absolute Gasteiger partial charge is 0.378 e. The molecule has 88 valence electrons. The summed E-state index contributed by atoms with van der Waals surface area (Å²) < 4.78 is 5.65. The molecule has 3 unspecified atom stereocenters. The highest BCUT2D eigenvalue weighted by Gasteiger charge is 2.30. The van der Waals surface area contributed by atoms with Gasteiger partial charge in [-0.25, -0.2) is 0 Å². The number of halogens is 1. The van der Waals surface area contributed by atoms with E-state index in [4.69, 9.17) is 16.3 Å². The summed E-state index contributed by atoms with van der Waals surface area (Å²) in [7, 11) is 0. The van der Waals surface area contributed by atoms with Crippen LogP contribution in [0.1, 0.15) is 32.6 Å². The molecule has 2 heterocycles. The first-order valence-electron chi connectivity index (χ1n) is 6.23. The minimum Gasteiger partial charge on any atom is -0.378 e. The van der Waals surface area contributed by atoms with Crippen LogP contribution in [0.2, 0.25) is 0 Å². The van der Waals surface area contributed by atoms with Crippen LogP contribution in [0.4, 0.5) is 0 Å². The lowest BCUT2D eigenvalue weighted by molar-refractivity contribution is 0.0902. The Kier molecular flexibility index (Phi) is 4.30. The molecule has 0 aromatic heterocycles. The Morgan fingerprint density at radius 1 is 1.40 bits per heavy atom. The molecule has 2 rings (SSSR count). The summed E-state index contributed by atoms with van der Waals surface area (Å²) in [5.41, 5.74) is 0. The molecule has 0 spiro atoms. The van der Waals surface area contributed by atoms with Crippen LogP contribution in [0, 0.1) is 5.92 Å². The first-order chi connectivity index (χ1) is 7.31. The molecule has 2 aliphatic rings. The molecular weight excluding hydrogens is 210 g/mol. The summed E-state index contributed by atoms with van der Waals surface area (Å²) in [5.74, 6) is 1.55. The molecule has 3 heteroatoms. The lowest BCUT2D eigenvalue weighted by atomic mass is 10.0. The molecular formula is C12H22ClNO. The van der Waals surface area contributed by atoms with Crippen LogP contribution in [0.15, 0.2) is 0 Å². The molecule has 0 radical (unpaired) electrons. The lowest BCUT2D eigenvalue weighted by Gasteiger charge is -2.25. The molecule has 15 heavy (non-hydrogen) atoms. The van der Waals surface area contributed by atoms with Gasteiger partial charge >= 0.3 is 0 Å². The second-order valence-electron chi connectivity index (χ2n) is 4.95. The molecule has 0 bridgehead atoms. The van der Waals surface area contributed by atoms with Crippen molar-refractivity contribution in [1.29, 1.82) is 0 Å². The molecule has 2 nitrogen and oxygen atoms in total. The van der Waals surface area contributed by atoms with Crippen molar-refractivity contribution in [3.63, 3.8) is 0 Å². The average Bonchev–Trinajstić information content (AvgIpc) is 2.84. The Morgan fingerprint density at radius 2 is 2.27 bits per heavy atom. The van der Waals surface area contributed by atoms with Crippen LogP contribution in [0.25, 0.3) is 0 Å². The summed E-state index contributed by atoms with van der Waals surface area (Å²) >= 11 is 6.02. The molecule has 0 aliphatic carbocycles. The van der Waals surface area contributed by atoms with Crippen molar-refractivity contribution in [2.45, 2.75) is 44.8 Å². The molecule has 0 saturated carbocycles. The van der Waals surface area contributed by atoms with Gasteiger partial charge in [0.2, 0.25) is 0 Å². The van der Waals surface area contributed by atoms with Crippen LogP contribution in [0.5, 0.6) is 0 Å². The van der Waals surface area contributed by atoms with Crippen LogP contribution in [-0.4, -0.2) is 42.6 Å². The van der Waals surface area contributed by atoms with E-state index in [0.29, 0.717) is 12.1 Å². The topological polar surface area (TPSA) is 12.5 Å². The van der Waals surface area contributed by atoms with Crippen molar-refractivity contribution in [3.05, 3.63) is 0 Å². The number of alkyl halides is 1. The zero-order valence-corrected chi connectivity index (χ0v) is 10.4. The molecule has 0 aromatic rings. The van der Waals surface area contributed by atoms with Gasteiger partial charge in [0, 0.05) is 25.1 Å². The van der Waals surface area contributed by atoms with E-state index in [0.717, 1.165) is 18.4 Å². The summed E-state index contributed by atoms with van der Waals surface area (Å²) in [4.78, 5) is 2.55. The van der Waals surface area contributed by atoms with E-state index in [1.807, 2.05) is 0 Å². The monoisotopic (exact) mass is 231 g/mol. The number of nitrogens with zero attached hydrogens (tertiary/aromatic N) is 1. The number of likely N-dealkylation sites (tertiary alicyclic amines) is 1. The Bertz CT molecular complexity index is 194. The molecule has 0 aromatic carbocycles.